The fraction of sp³-hybridized carbons (Fsp3) is 0.222. The highest BCUT2D eigenvalue weighted by atomic mass is 16.6. The van der Waals surface area contributed by atoms with E-state index in [4.69, 9.17) is 28.8 Å². The van der Waals surface area contributed by atoms with Crippen molar-refractivity contribution in [3.63, 3.8) is 0 Å². The summed E-state index contributed by atoms with van der Waals surface area (Å²) in [5, 5.41) is 6.18. The van der Waals surface area contributed by atoms with Gasteiger partial charge in [-0.1, -0.05) is 18.2 Å². The summed E-state index contributed by atoms with van der Waals surface area (Å²) in [5.41, 5.74) is -0.366. The highest BCUT2D eigenvalue weighted by Gasteiger charge is 2.59. The van der Waals surface area contributed by atoms with Gasteiger partial charge < -0.3 is 23.7 Å². The maximum Gasteiger partial charge on any atom is 0.375 e. The average Bonchev–Trinajstić information content (AvgIpc) is 3.42. The van der Waals surface area contributed by atoms with E-state index in [0.717, 1.165) is 0 Å². The minimum atomic E-state index is -1.69. The number of hydrogen-bond acceptors (Lipinski definition) is 11. The summed E-state index contributed by atoms with van der Waals surface area (Å²) in [6.45, 7) is 1.79. The molecule has 3 aliphatic heterocycles. The molecule has 5 rings (SSSR count). The first-order valence-corrected chi connectivity index (χ1v) is 11.6. The second kappa shape index (κ2) is 9.51. The van der Waals surface area contributed by atoms with Crippen LogP contribution >= 0.6 is 0 Å². The van der Waals surface area contributed by atoms with E-state index in [-0.39, 0.29) is 29.2 Å². The fourth-order valence-electron chi connectivity index (χ4n) is 4.55. The van der Waals surface area contributed by atoms with Crippen LogP contribution in [-0.4, -0.2) is 62.3 Å². The molecule has 2 aromatic rings. The van der Waals surface area contributed by atoms with Crippen molar-refractivity contribution in [2.24, 2.45) is 10.1 Å². The van der Waals surface area contributed by atoms with Gasteiger partial charge in [-0.15, -0.1) is 0 Å². The topological polar surface area (TPSA) is 125 Å². The summed E-state index contributed by atoms with van der Waals surface area (Å²) in [5.74, 6) is -2.03. The molecule has 0 amide bonds. The van der Waals surface area contributed by atoms with Crippen molar-refractivity contribution in [1.29, 1.82) is 0 Å². The number of esters is 3. The Bertz CT molecular complexity index is 1470. The molecule has 0 bridgehead atoms. The number of rotatable bonds is 6. The molecule has 1 atom stereocenters. The summed E-state index contributed by atoms with van der Waals surface area (Å²) >= 11 is 0. The van der Waals surface area contributed by atoms with Crippen LogP contribution in [0.25, 0.3) is 0 Å². The lowest BCUT2D eigenvalue weighted by molar-refractivity contribution is -0.146. The number of fused-ring (bicyclic) bond motifs is 5. The first-order valence-electron chi connectivity index (χ1n) is 11.6. The van der Waals surface area contributed by atoms with Crippen LogP contribution < -0.4 is 4.74 Å². The second-order valence-electron chi connectivity index (χ2n) is 8.19. The Morgan fingerprint density at radius 2 is 1.66 bits per heavy atom. The number of ether oxygens (including phenoxy) is 5. The van der Waals surface area contributed by atoms with Crippen LogP contribution in [0.5, 0.6) is 5.75 Å². The maximum absolute atomic E-state index is 13.4. The van der Waals surface area contributed by atoms with E-state index in [1.807, 2.05) is 0 Å². The average molecular weight is 517 g/mol. The van der Waals surface area contributed by atoms with Gasteiger partial charge in [0.2, 0.25) is 5.76 Å². The SMILES string of the molecule is CCOC(=O)C1=CN2N=C3C(=C(C(=O)OC)C(C(=O)OC)=Nc4ccccc43)C2(c2ccc(OC)cc2)O1. The lowest BCUT2D eigenvalue weighted by Crippen LogP contribution is -2.41. The molecule has 1 unspecified atom stereocenters. The first kappa shape index (κ1) is 24.8. The molecule has 0 saturated heterocycles. The number of hydrazone groups is 1. The maximum atomic E-state index is 13.4. The van der Waals surface area contributed by atoms with Gasteiger partial charge in [0.25, 0.3) is 5.72 Å². The molecule has 3 aliphatic rings. The van der Waals surface area contributed by atoms with E-state index in [0.29, 0.717) is 28.3 Å². The molecule has 3 heterocycles. The largest absolute Gasteiger partial charge is 0.497 e. The summed E-state index contributed by atoms with van der Waals surface area (Å²) < 4.78 is 26.9. The van der Waals surface area contributed by atoms with E-state index >= 15 is 0 Å². The van der Waals surface area contributed by atoms with Gasteiger partial charge >= 0.3 is 17.9 Å². The summed E-state index contributed by atoms with van der Waals surface area (Å²) in [4.78, 5) is 43.7. The zero-order chi connectivity index (χ0) is 27.0. The van der Waals surface area contributed by atoms with Crippen molar-refractivity contribution in [2.75, 3.05) is 27.9 Å². The third-order valence-electron chi connectivity index (χ3n) is 6.21. The van der Waals surface area contributed by atoms with Crippen LogP contribution in [0.1, 0.15) is 18.1 Å². The number of benzene rings is 2. The van der Waals surface area contributed by atoms with Gasteiger partial charge in [0.05, 0.1) is 45.4 Å². The smallest absolute Gasteiger partial charge is 0.375 e. The molecule has 0 spiro atoms. The Morgan fingerprint density at radius 3 is 2.32 bits per heavy atom. The molecular formula is C27H23N3O8. The lowest BCUT2D eigenvalue weighted by Gasteiger charge is -2.33. The summed E-state index contributed by atoms with van der Waals surface area (Å²) in [7, 11) is 3.90. The zero-order valence-corrected chi connectivity index (χ0v) is 21.0. The summed E-state index contributed by atoms with van der Waals surface area (Å²) in [6.07, 6.45) is 1.39. The molecule has 2 aromatic carbocycles. The fourth-order valence-corrected chi connectivity index (χ4v) is 4.55. The van der Waals surface area contributed by atoms with Crippen LogP contribution in [0.2, 0.25) is 0 Å². The molecular weight excluding hydrogens is 494 g/mol. The Morgan fingerprint density at radius 1 is 0.947 bits per heavy atom. The van der Waals surface area contributed by atoms with Crippen molar-refractivity contribution < 1.29 is 38.1 Å². The summed E-state index contributed by atoms with van der Waals surface area (Å²) in [6, 6.07) is 13.8. The number of carbonyl (C=O) groups is 3. The van der Waals surface area contributed by atoms with Gasteiger partial charge in [-0.05, 0) is 37.3 Å². The predicted octanol–water partition coefficient (Wildman–Crippen LogP) is 2.73. The quantitative estimate of drug-likeness (QED) is 0.420. The van der Waals surface area contributed by atoms with Gasteiger partial charge in [0.15, 0.2) is 5.71 Å². The van der Waals surface area contributed by atoms with Crippen LogP contribution in [0, 0.1) is 0 Å². The molecule has 194 valence electrons. The minimum Gasteiger partial charge on any atom is -0.497 e. The van der Waals surface area contributed by atoms with E-state index in [1.54, 1.807) is 55.5 Å². The lowest BCUT2D eigenvalue weighted by atomic mass is 9.84. The molecule has 0 fully saturated rings. The molecule has 0 aliphatic carbocycles. The monoisotopic (exact) mass is 517 g/mol. The van der Waals surface area contributed by atoms with Crippen molar-refractivity contribution >= 4 is 35.0 Å². The molecule has 0 N–H and O–H groups in total. The van der Waals surface area contributed by atoms with Crippen molar-refractivity contribution in [2.45, 2.75) is 12.6 Å². The number of hydrogen-bond donors (Lipinski definition) is 0. The van der Waals surface area contributed by atoms with Crippen molar-refractivity contribution in [3.8, 4) is 5.75 Å². The Kier molecular flexibility index (Phi) is 6.19. The second-order valence-corrected chi connectivity index (χ2v) is 8.19. The Hall–Kier alpha value is -4.93. The minimum absolute atomic E-state index is 0.117. The highest BCUT2D eigenvalue weighted by Crippen LogP contribution is 2.52. The van der Waals surface area contributed by atoms with Gasteiger partial charge in [0, 0.05) is 11.1 Å². The van der Waals surface area contributed by atoms with Crippen LogP contribution in [0.4, 0.5) is 5.69 Å². The van der Waals surface area contributed by atoms with E-state index in [2.05, 4.69) is 4.99 Å². The molecule has 0 saturated carbocycles. The van der Waals surface area contributed by atoms with Crippen LogP contribution in [0.15, 0.2) is 81.7 Å². The van der Waals surface area contributed by atoms with Gasteiger partial charge in [-0.2, -0.15) is 5.10 Å². The van der Waals surface area contributed by atoms with Gasteiger partial charge in [-0.3, -0.25) is 0 Å². The van der Waals surface area contributed by atoms with E-state index in [1.165, 1.54) is 32.5 Å². The number of para-hydroxylation sites is 1. The first-order chi connectivity index (χ1) is 18.4. The standard InChI is InChI=1S/C27H23N3O8/c1-5-37-24(31)19-14-30-27(38-19,15-10-12-16(34-2)13-11-15)21-20(25(32)35-3)23(26(33)36-4)28-18-9-7-6-8-17(18)22(21)29-30/h6-14H,5H2,1-4H3. The van der Waals surface area contributed by atoms with E-state index < -0.39 is 23.6 Å². The molecule has 0 radical (unpaired) electrons. The van der Waals surface area contributed by atoms with Gasteiger partial charge in [0.1, 0.15) is 17.0 Å². The number of carbonyl (C=O) groups excluding carboxylic acids is 3. The Labute approximate surface area is 217 Å². The highest BCUT2D eigenvalue weighted by molar-refractivity contribution is 6.52. The van der Waals surface area contributed by atoms with Crippen LogP contribution in [-0.2, 0) is 39.1 Å². The third-order valence-corrected chi connectivity index (χ3v) is 6.21. The predicted molar refractivity (Wildman–Crippen MR) is 133 cm³/mol. The molecule has 11 heteroatoms. The number of nitrogens with zero attached hydrogens (tertiary/aromatic N) is 3. The Balaban J connectivity index is 1.87. The van der Waals surface area contributed by atoms with Gasteiger partial charge in [-0.25, -0.2) is 24.4 Å². The molecule has 11 nitrogen and oxygen atoms in total. The molecule has 0 aromatic heterocycles. The van der Waals surface area contributed by atoms with Crippen LogP contribution in [0.3, 0.4) is 0 Å². The zero-order valence-electron chi connectivity index (χ0n) is 21.0. The number of aliphatic imine (C=N–C) groups is 1. The third kappa shape index (κ3) is 3.62. The number of methoxy groups -OCH3 is 3. The normalized spacial score (nSPS) is 19.1. The van der Waals surface area contributed by atoms with Crippen molar-refractivity contribution in [1.82, 2.24) is 5.01 Å². The van der Waals surface area contributed by atoms with E-state index in [9.17, 15) is 14.4 Å². The van der Waals surface area contributed by atoms with Crippen molar-refractivity contribution in [3.05, 3.63) is 82.8 Å². The molecule has 38 heavy (non-hydrogen) atoms.